The van der Waals surface area contributed by atoms with E-state index in [9.17, 15) is 10.5 Å². The van der Waals surface area contributed by atoms with Crippen LogP contribution in [0.3, 0.4) is 0 Å². The molecule has 0 aliphatic heterocycles. The summed E-state index contributed by atoms with van der Waals surface area (Å²) in [6.07, 6.45) is 0. The zero-order chi connectivity index (χ0) is 33.8. The van der Waals surface area contributed by atoms with Crippen LogP contribution in [-0.4, -0.2) is 9.13 Å². The maximum Gasteiger partial charge on any atom is 0.211 e. The van der Waals surface area contributed by atoms with Gasteiger partial charge in [-0.15, -0.1) is 0 Å². The summed E-state index contributed by atoms with van der Waals surface area (Å²) in [5.41, 5.74) is 10.7. The molecule has 0 fully saturated rings. The van der Waals surface area contributed by atoms with Gasteiger partial charge in [-0.3, -0.25) is 0 Å². The number of hydrogen-bond acceptors (Lipinski definition) is 2. The zero-order valence-electron chi connectivity index (χ0n) is 26.7. The van der Waals surface area contributed by atoms with Gasteiger partial charge >= 0.3 is 0 Å². The molecule has 9 rings (SSSR count). The molecule has 0 amide bonds. The normalized spacial score (nSPS) is 11.1. The van der Waals surface area contributed by atoms with Crippen LogP contribution in [0.15, 0.2) is 152 Å². The Hall–Kier alpha value is -7.39. The first-order valence-electron chi connectivity index (χ1n) is 16.3. The van der Waals surface area contributed by atoms with Crippen molar-refractivity contribution in [1.29, 1.82) is 10.5 Å². The van der Waals surface area contributed by atoms with Crippen LogP contribution in [0.2, 0.25) is 0 Å². The number of fused-ring (bicyclic) bond motifs is 6. The van der Waals surface area contributed by atoms with Crippen LogP contribution in [0.5, 0.6) is 0 Å². The Morgan fingerprint density at radius 1 is 0.440 bits per heavy atom. The summed E-state index contributed by atoms with van der Waals surface area (Å²) >= 11 is 0. The lowest BCUT2D eigenvalue weighted by molar-refractivity contribution is 1.18. The molecule has 7 aromatic carbocycles. The van der Waals surface area contributed by atoms with Crippen LogP contribution < -0.4 is 0 Å². The SMILES string of the molecule is [C-]#[N+]c1cc(-c2ccccc2-c2ccccc2-n2c3ccccc3c3ccccc32)c(C#N)cc1-n1c2ccccc2c2cc(C#N)ccc21. The Kier molecular flexibility index (Phi) is 6.56. The number of benzene rings is 7. The van der Waals surface area contributed by atoms with Crippen molar-refractivity contribution in [3.05, 3.63) is 174 Å². The molecule has 0 aliphatic carbocycles. The molecule has 2 aromatic heterocycles. The smallest absolute Gasteiger partial charge is 0.211 e. The highest BCUT2D eigenvalue weighted by Gasteiger charge is 2.21. The molecular formula is C45H25N5. The van der Waals surface area contributed by atoms with E-state index in [4.69, 9.17) is 6.57 Å². The van der Waals surface area contributed by atoms with E-state index in [0.29, 0.717) is 28.1 Å². The first kappa shape index (κ1) is 28.8. The van der Waals surface area contributed by atoms with Gasteiger partial charge in [-0.1, -0.05) is 97.1 Å². The number of rotatable bonds is 4. The monoisotopic (exact) mass is 635 g/mol. The highest BCUT2D eigenvalue weighted by Crippen LogP contribution is 2.43. The minimum atomic E-state index is 0.427. The molecule has 0 N–H and O–H groups in total. The molecule has 0 bridgehead atoms. The third-order valence-electron chi connectivity index (χ3n) is 9.63. The first-order valence-corrected chi connectivity index (χ1v) is 16.3. The molecule has 0 spiro atoms. The largest absolute Gasteiger partial charge is 0.319 e. The van der Waals surface area contributed by atoms with Crippen LogP contribution in [0, 0.1) is 29.2 Å². The minimum absolute atomic E-state index is 0.427. The fourth-order valence-corrected chi connectivity index (χ4v) is 7.49. The van der Waals surface area contributed by atoms with Crippen molar-refractivity contribution in [3.63, 3.8) is 0 Å². The molecular weight excluding hydrogens is 611 g/mol. The van der Waals surface area contributed by atoms with E-state index in [1.165, 1.54) is 10.8 Å². The Labute approximate surface area is 288 Å². The topological polar surface area (TPSA) is 61.8 Å². The van der Waals surface area contributed by atoms with Crippen LogP contribution in [-0.2, 0) is 0 Å². The second-order valence-corrected chi connectivity index (χ2v) is 12.2. The van der Waals surface area contributed by atoms with Gasteiger partial charge in [0.2, 0.25) is 5.69 Å². The molecule has 0 atom stereocenters. The van der Waals surface area contributed by atoms with Gasteiger partial charge in [-0.25, -0.2) is 4.85 Å². The van der Waals surface area contributed by atoms with Crippen molar-refractivity contribution < 1.29 is 0 Å². The molecule has 230 valence electrons. The van der Waals surface area contributed by atoms with Gasteiger partial charge in [-0.05, 0) is 71.3 Å². The Morgan fingerprint density at radius 3 is 1.54 bits per heavy atom. The summed E-state index contributed by atoms with van der Waals surface area (Å²) < 4.78 is 4.35. The molecule has 0 radical (unpaired) electrons. The molecule has 0 aliphatic rings. The molecule has 5 heteroatoms. The summed E-state index contributed by atoms with van der Waals surface area (Å²) in [6.45, 7) is 8.34. The highest BCUT2D eigenvalue weighted by molar-refractivity contribution is 6.11. The van der Waals surface area contributed by atoms with Crippen molar-refractivity contribution in [1.82, 2.24) is 9.13 Å². The Morgan fingerprint density at radius 2 is 0.940 bits per heavy atom. The van der Waals surface area contributed by atoms with Crippen molar-refractivity contribution in [2.75, 3.05) is 0 Å². The summed E-state index contributed by atoms with van der Waals surface area (Å²) in [6, 6.07) is 55.4. The molecule has 0 saturated heterocycles. The third-order valence-corrected chi connectivity index (χ3v) is 9.63. The predicted octanol–water partition coefficient (Wildman–Crippen LogP) is 11.5. The van der Waals surface area contributed by atoms with Crippen molar-refractivity contribution >= 4 is 49.3 Å². The van der Waals surface area contributed by atoms with E-state index in [1.807, 2.05) is 77.4 Å². The minimum Gasteiger partial charge on any atom is -0.319 e. The Balaban J connectivity index is 1.29. The van der Waals surface area contributed by atoms with Crippen LogP contribution in [0.1, 0.15) is 11.1 Å². The quantitative estimate of drug-likeness (QED) is 0.181. The highest BCUT2D eigenvalue weighted by atomic mass is 15.0. The molecule has 50 heavy (non-hydrogen) atoms. The van der Waals surface area contributed by atoms with E-state index >= 15 is 0 Å². The number of nitriles is 2. The van der Waals surface area contributed by atoms with Gasteiger partial charge in [0.05, 0.1) is 63.3 Å². The van der Waals surface area contributed by atoms with Crippen molar-refractivity contribution in [2.45, 2.75) is 0 Å². The van der Waals surface area contributed by atoms with E-state index in [2.05, 4.69) is 94.3 Å². The average molecular weight is 636 g/mol. The van der Waals surface area contributed by atoms with Crippen LogP contribution in [0.25, 0.3) is 82.1 Å². The van der Waals surface area contributed by atoms with E-state index in [0.717, 1.165) is 55.2 Å². The first-order chi connectivity index (χ1) is 24.7. The Bertz CT molecular complexity index is 2920. The van der Waals surface area contributed by atoms with Gasteiger partial charge in [0.15, 0.2) is 0 Å². The molecule has 0 saturated carbocycles. The molecule has 2 heterocycles. The average Bonchev–Trinajstić information content (AvgIpc) is 3.70. The summed E-state index contributed by atoms with van der Waals surface area (Å²) in [5, 5.41) is 24.6. The van der Waals surface area contributed by atoms with Crippen molar-refractivity contribution in [3.8, 4) is 45.8 Å². The lowest BCUT2D eigenvalue weighted by atomic mass is 9.90. The van der Waals surface area contributed by atoms with Crippen molar-refractivity contribution in [2.24, 2.45) is 0 Å². The van der Waals surface area contributed by atoms with E-state index < -0.39 is 0 Å². The molecule has 5 nitrogen and oxygen atoms in total. The van der Waals surface area contributed by atoms with E-state index in [1.54, 1.807) is 6.07 Å². The fraction of sp³-hybridized carbons (Fsp3) is 0. The van der Waals surface area contributed by atoms with Gasteiger partial charge < -0.3 is 9.13 Å². The van der Waals surface area contributed by atoms with E-state index in [-0.39, 0.29) is 0 Å². The number of hydrogen-bond donors (Lipinski definition) is 0. The van der Waals surface area contributed by atoms with Gasteiger partial charge in [0, 0.05) is 27.1 Å². The lowest BCUT2D eigenvalue weighted by Crippen LogP contribution is -1.99. The number of para-hydroxylation sites is 4. The predicted molar refractivity (Wildman–Crippen MR) is 202 cm³/mol. The maximum atomic E-state index is 10.7. The third kappa shape index (κ3) is 4.24. The second kappa shape index (κ2) is 11.4. The molecule has 0 unspecified atom stereocenters. The van der Waals surface area contributed by atoms with Crippen LogP contribution >= 0.6 is 0 Å². The van der Waals surface area contributed by atoms with Crippen LogP contribution in [0.4, 0.5) is 5.69 Å². The fourth-order valence-electron chi connectivity index (χ4n) is 7.49. The summed E-state index contributed by atoms with van der Waals surface area (Å²) in [4.78, 5) is 4.03. The number of aromatic nitrogens is 2. The summed E-state index contributed by atoms with van der Waals surface area (Å²) in [7, 11) is 0. The lowest BCUT2D eigenvalue weighted by Gasteiger charge is -2.18. The standard InChI is InChI=1S/C45H25N5/c1-48-39-26-37(30(28-47)25-45(39)50-43-21-11-7-17-36(43)38-24-29(27-46)22-23-44(38)50)32-13-3-2-12-31(32)33-14-4-8-18-40(33)49-41-19-9-5-15-34(41)35-16-6-10-20-42(35)49/h2-26H. The second-order valence-electron chi connectivity index (χ2n) is 12.2. The van der Waals surface area contributed by atoms with Gasteiger partial charge in [0.1, 0.15) is 0 Å². The summed E-state index contributed by atoms with van der Waals surface area (Å²) in [5.74, 6) is 0. The zero-order valence-corrected chi connectivity index (χ0v) is 26.7. The van der Waals surface area contributed by atoms with Gasteiger partial charge in [0.25, 0.3) is 0 Å². The number of nitrogens with zero attached hydrogens (tertiary/aromatic N) is 5. The maximum absolute atomic E-state index is 10.7. The van der Waals surface area contributed by atoms with Gasteiger partial charge in [-0.2, -0.15) is 10.5 Å². The molecule has 9 aromatic rings.